The lowest BCUT2D eigenvalue weighted by molar-refractivity contribution is -0.119. The summed E-state index contributed by atoms with van der Waals surface area (Å²) in [6.07, 6.45) is 2.82. The molecule has 0 saturated carbocycles. The Morgan fingerprint density at radius 1 is 1.21 bits per heavy atom. The van der Waals surface area contributed by atoms with E-state index in [4.69, 9.17) is 23.2 Å². The molecule has 0 radical (unpaired) electrons. The zero-order chi connectivity index (χ0) is 21.0. The van der Waals surface area contributed by atoms with Crippen LogP contribution < -0.4 is 14.5 Å². The second kappa shape index (κ2) is 9.24. The molecule has 1 amide bonds. The van der Waals surface area contributed by atoms with Gasteiger partial charge in [0.05, 0.1) is 17.0 Å². The summed E-state index contributed by atoms with van der Waals surface area (Å²) >= 11 is 12.1. The summed E-state index contributed by atoms with van der Waals surface area (Å²) in [5.41, 5.74) is 2.78. The number of nitrogens with zero attached hydrogens (tertiary/aromatic N) is 2. The van der Waals surface area contributed by atoms with E-state index >= 15 is 0 Å². The SMILES string of the molecule is CS(=O)(=O)N(CC(=O)NCCCN1CCc2ccccc21)c1cc(Cl)ccc1Cl. The molecule has 1 heterocycles. The van der Waals surface area contributed by atoms with Gasteiger partial charge in [-0.1, -0.05) is 41.4 Å². The molecule has 156 valence electrons. The van der Waals surface area contributed by atoms with Crippen LogP contribution in [0.4, 0.5) is 11.4 Å². The zero-order valence-electron chi connectivity index (χ0n) is 16.1. The standard InChI is InChI=1S/C20H23Cl2N3O3S/c1-29(27,28)25(19-13-16(21)7-8-17(19)22)14-20(26)23-10-4-11-24-12-9-15-5-2-3-6-18(15)24/h2-3,5-8,13H,4,9-12,14H2,1H3,(H,23,26). The van der Waals surface area contributed by atoms with Gasteiger partial charge in [-0.05, 0) is 42.7 Å². The van der Waals surface area contributed by atoms with Crippen LogP contribution in [0.2, 0.25) is 10.0 Å². The summed E-state index contributed by atoms with van der Waals surface area (Å²) in [5.74, 6) is -0.395. The van der Waals surface area contributed by atoms with E-state index in [1.54, 1.807) is 6.07 Å². The average Bonchev–Trinajstić information content (AvgIpc) is 3.08. The first-order valence-corrected chi connectivity index (χ1v) is 11.9. The first-order chi connectivity index (χ1) is 13.8. The molecule has 29 heavy (non-hydrogen) atoms. The van der Waals surface area contributed by atoms with Crippen molar-refractivity contribution >= 4 is 50.5 Å². The molecule has 1 N–H and O–H groups in total. The summed E-state index contributed by atoms with van der Waals surface area (Å²) in [7, 11) is -3.71. The Morgan fingerprint density at radius 3 is 2.72 bits per heavy atom. The molecule has 1 aliphatic heterocycles. The molecule has 0 unspecified atom stereocenters. The van der Waals surface area contributed by atoms with E-state index in [0.717, 1.165) is 36.5 Å². The maximum Gasteiger partial charge on any atom is 0.240 e. The van der Waals surface area contributed by atoms with Crippen molar-refractivity contribution in [1.82, 2.24) is 5.32 Å². The smallest absolute Gasteiger partial charge is 0.240 e. The Balaban J connectivity index is 1.54. The molecule has 0 aromatic heterocycles. The van der Waals surface area contributed by atoms with E-state index in [1.165, 1.54) is 23.4 Å². The number of halogens is 2. The minimum absolute atomic E-state index is 0.186. The van der Waals surface area contributed by atoms with E-state index in [-0.39, 0.29) is 17.3 Å². The second-order valence-corrected chi connectivity index (χ2v) is 9.69. The van der Waals surface area contributed by atoms with Gasteiger partial charge < -0.3 is 10.2 Å². The van der Waals surface area contributed by atoms with Crippen LogP contribution in [0.1, 0.15) is 12.0 Å². The maximum absolute atomic E-state index is 12.4. The number of carbonyl (C=O) groups is 1. The Labute approximate surface area is 181 Å². The van der Waals surface area contributed by atoms with Crippen LogP contribution in [0.25, 0.3) is 0 Å². The van der Waals surface area contributed by atoms with E-state index in [1.807, 2.05) is 12.1 Å². The number of carbonyl (C=O) groups excluding carboxylic acids is 1. The summed E-state index contributed by atoms with van der Waals surface area (Å²) in [4.78, 5) is 14.7. The van der Waals surface area contributed by atoms with Gasteiger partial charge in [-0.3, -0.25) is 9.10 Å². The number of rotatable bonds is 8. The fourth-order valence-electron chi connectivity index (χ4n) is 3.38. The molecule has 6 nitrogen and oxygen atoms in total. The van der Waals surface area contributed by atoms with Crippen molar-refractivity contribution in [2.45, 2.75) is 12.8 Å². The number of para-hydroxylation sites is 1. The molecular weight excluding hydrogens is 433 g/mol. The molecule has 0 bridgehead atoms. The van der Waals surface area contributed by atoms with Crippen LogP contribution in [0.15, 0.2) is 42.5 Å². The Hall–Kier alpha value is -1.96. The van der Waals surface area contributed by atoms with Crippen molar-refractivity contribution in [3.63, 3.8) is 0 Å². The van der Waals surface area contributed by atoms with Gasteiger partial charge in [-0.15, -0.1) is 0 Å². The first kappa shape index (κ1) is 21.7. The van der Waals surface area contributed by atoms with Gasteiger partial charge in [0.15, 0.2) is 0 Å². The molecule has 9 heteroatoms. The summed E-state index contributed by atoms with van der Waals surface area (Å²) in [6.45, 7) is 1.90. The fraction of sp³-hybridized carbons (Fsp3) is 0.350. The van der Waals surface area contributed by atoms with Gasteiger partial charge in [0.25, 0.3) is 0 Å². The number of sulfonamides is 1. The normalized spacial score (nSPS) is 13.3. The van der Waals surface area contributed by atoms with Crippen molar-refractivity contribution in [3.05, 3.63) is 58.1 Å². The van der Waals surface area contributed by atoms with Crippen molar-refractivity contribution in [2.24, 2.45) is 0 Å². The van der Waals surface area contributed by atoms with Gasteiger partial charge in [0.1, 0.15) is 6.54 Å². The quantitative estimate of drug-likeness (QED) is 0.619. The predicted octanol–water partition coefficient (Wildman–Crippen LogP) is 3.33. The molecule has 2 aromatic carbocycles. The molecule has 0 fully saturated rings. The third-order valence-corrected chi connectivity index (χ3v) is 6.46. The van der Waals surface area contributed by atoms with Crippen LogP contribution >= 0.6 is 23.2 Å². The van der Waals surface area contributed by atoms with Crippen LogP contribution in [0.5, 0.6) is 0 Å². The van der Waals surface area contributed by atoms with Crippen molar-refractivity contribution in [1.29, 1.82) is 0 Å². The van der Waals surface area contributed by atoms with E-state index in [2.05, 4.69) is 22.3 Å². The van der Waals surface area contributed by atoms with E-state index < -0.39 is 15.9 Å². The van der Waals surface area contributed by atoms with E-state index in [0.29, 0.717) is 11.6 Å². The Kier molecular flexibility index (Phi) is 6.93. The highest BCUT2D eigenvalue weighted by atomic mass is 35.5. The van der Waals surface area contributed by atoms with Gasteiger partial charge in [-0.2, -0.15) is 0 Å². The molecule has 0 spiro atoms. The number of benzene rings is 2. The Morgan fingerprint density at radius 2 is 1.97 bits per heavy atom. The lowest BCUT2D eigenvalue weighted by Gasteiger charge is -2.23. The zero-order valence-corrected chi connectivity index (χ0v) is 18.4. The topological polar surface area (TPSA) is 69.7 Å². The van der Waals surface area contributed by atoms with Crippen molar-refractivity contribution in [2.75, 3.05) is 41.6 Å². The number of fused-ring (bicyclic) bond motifs is 1. The van der Waals surface area contributed by atoms with Crippen molar-refractivity contribution < 1.29 is 13.2 Å². The minimum Gasteiger partial charge on any atom is -0.371 e. The lowest BCUT2D eigenvalue weighted by Crippen LogP contribution is -2.41. The number of hydrogen-bond donors (Lipinski definition) is 1. The number of nitrogens with one attached hydrogen (secondary N) is 1. The number of hydrogen-bond acceptors (Lipinski definition) is 4. The molecule has 2 aromatic rings. The maximum atomic E-state index is 12.4. The van der Waals surface area contributed by atoms with Crippen molar-refractivity contribution in [3.8, 4) is 0 Å². The average molecular weight is 456 g/mol. The highest BCUT2D eigenvalue weighted by Gasteiger charge is 2.23. The Bertz CT molecular complexity index is 998. The second-order valence-electron chi connectivity index (χ2n) is 6.93. The van der Waals surface area contributed by atoms with Crippen LogP contribution in [0, 0.1) is 0 Å². The van der Waals surface area contributed by atoms with Gasteiger partial charge in [0.2, 0.25) is 15.9 Å². The highest BCUT2D eigenvalue weighted by Crippen LogP contribution is 2.30. The third-order valence-electron chi connectivity index (χ3n) is 4.77. The van der Waals surface area contributed by atoms with Gasteiger partial charge in [0, 0.05) is 30.3 Å². The molecule has 1 aliphatic rings. The molecule has 3 rings (SSSR count). The number of amides is 1. The van der Waals surface area contributed by atoms with Crippen LogP contribution in [-0.4, -0.2) is 46.8 Å². The number of anilines is 2. The summed E-state index contributed by atoms with van der Waals surface area (Å²) < 4.78 is 25.3. The van der Waals surface area contributed by atoms with Crippen LogP contribution in [0.3, 0.4) is 0 Å². The molecular formula is C20H23Cl2N3O3S. The fourth-order valence-corrected chi connectivity index (χ4v) is 4.68. The first-order valence-electron chi connectivity index (χ1n) is 9.28. The minimum atomic E-state index is -3.71. The molecule has 0 aliphatic carbocycles. The van der Waals surface area contributed by atoms with Gasteiger partial charge in [-0.25, -0.2) is 8.42 Å². The highest BCUT2D eigenvalue weighted by molar-refractivity contribution is 7.92. The third kappa shape index (κ3) is 5.56. The predicted molar refractivity (Wildman–Crippen MR) is 119 cm³/mol. The summed E-state index contributed by atoms with van der Waals surface area (Å²) in [6, 6.07) is 12.8. The molecule has 0 saturated heterocycles. The summed E-state index contributed by atoms with van der Waals surface area (Å²) in [5, 5.41) is 3.34. The monoisotopic (exact) mass is 455 g/mol. The largest absolute Gasteiger partial charge is 0.371 e. The lowest BCUT2D eigenvalue weighted by atomic mass is 10.2. The van der Waals surface area contributed by atoms with Gasteiger partial charge >= 0.3 is 0 Å². The van der Waals surface area contributed by atoms with Crippen LogP contribution in [-0.2, 0) is 21.2 Å². The van der Waals surface area contributed by atoms with E-state index in [9.17, 15) is 13.2 Å². The molecule has 0 atom stereocenters.